The minimum atomic E-state index is 0.551. The van der Waals surface area contributed by atoms with E-state index in [1.54, 1.807) is 7.11 Å². The summed E-state index contributed by atoms with van der Waals surface area (Å²) in [4.78, 5) is 2.59. The average Bonchev–Trinajstić information content (AvgIpc) is 2.57. The largest absolute Gasteiger partial charge is 0.383 e. The molecule has 0 bridgehead atoms. The Hall–Kier alpha value is 0.230. The summed E-state index contributed by atoms with van der Waals surface area (Å²) in [5.41, 5.74) is 0. The van der Waals surface area contributed by atoms with Gasteiger partial charge in [-0.1, -0.05) is 6.92 Å². The molecule has 0 saturated carbocycles. The lowest BCUT2D eigenvalue weighted by Crippen LogP contribution is -2.46. The summed E-state index contributed by atoms with van der Waals surface area (Å²) in [6, 6.07) is 0.551. The molecule has 1 saturated heterocycles. The van der Waals surface area contributed by atoms with Gasteiger partial charge in [-0.05, 0) is 31.7 Å². The highest BCUT2D eigenvalue weighted by atomic mass is 32.2. The van der Waals surface area contributed by atoms with E-state index in [0.29, 0.717) is 6.04 Å². The van der Waals surface area contributed by atoms with Crippen LogP contribution in [0, 0.1) is 0 Å². The first kappa shape index (κ1) is 14.3. The van der Waals surface area contributed by atoms with Crippen molar-refractivity contribution in [1.29, 1.82) is 0 Å². The molecule has 0 amide bonds. The minimum Gasteiger partial charge on any atom is -0.383 e. The van der Waals surface area contributed by atoms with Gasteiger partial charge in [0.2, 0.25) is 0 Å². The van der Waals surface area contributed by atoms with Gasteiger partial charge in [-0.15, -0.1) is 0 Å². The van der Waals surface area contributed by atoms with Crippen LogP contribution in [0.5, 0.6) is 0 Å². The van der Waals surface area contributed by atoms with Crippen molar-refractivity contribution in [3.8, 4) is 0 Å². The third-order valence-corrected chi connectivity index (χ3v) is 3.99. The predicted octanol–water partition coefficient (Wildman–Crippen LogP) is 1.44. The number of ether oxygens (including phenoxy) is 1. The van der Waals surface area contributed by atoms with Gasteiger partial charge in [-0.25, -0.2) is 0 Å². The maximum atomic E-state index is 5.34. The normalized spacial score (nSPS) is 20.6. The van der Waals surface area contributed by atoms with E-state index >= 15 is 0 Å². The maximum Gasteiger partial charge on any atom is 0.0630 e. The zero-order valence-electron chi connectivity index (χ0n) is 10.7. The molecule has 0 spiro atoms. The Labute approximate surface area is 104 Å². The third-order valence-electron chi connectivity index (χ3n) is 2.94. The second-order valence-electron chi connectivity index (χ2n) is 4.32. The average molecular weight is 246 g/mol. The van der Waals surface area contributed by atoms with Gasteiger partial charge in [0, 0.05) is 32.0 Å². The number of hydrogen-bond acceptors (Lipinski definition) is 4. The molecule has 1 aliphatic rings. The summed E-state index contributed by atoms with van der Waals surface area (Å²) < 4.78 is 5.34. The Morgan fingerprint density at radius 2 is 2.25 bits per heavy atom. The van der Waals surface area contributed by atoms with Gasteiger partial charge < -0.3 is 10.1 Å². The molecule has 1 unspecified atom stereocenters. The fraction of sp³-hybridized carbons (Fsp3) is 1.00. The summed E-state index contributed by atoms with van der Waals surface area (Å²) in [5, 5.41) is 3.51. The standard InChI is InChI=1S/C12H26N2OS/c1-3-5-13-10-12(11-15-2)14-6-4-8-16-9-7-14/h12-13H,3-11H2,1-2H3. The lowest BCUT2D eigenvalue weighted by atomic mass is 10.2. The summed E-state index contributed by atoms with van der Waals surface area (Å²) in [5.74, 6) is 2.59. The fourth-order valence-corrected chi connectivity index (χ4v) is 2.96. The van der Waals surface area contributed by atoms with Crippen molar-refractivity contribution in [2.75, 3.05) is 51.4 Å². The lowest BCUT2D eigenvalue weighted by Gasteiger charge is -2.30. The van der Waals surface area contributed by atoms with Crippen LogP contribution in [0.3, 0.4) is 0 Å². The molecule has 1 fully saturated rings. The van der Waals surface area contributed by atoms with E-state index in [1.807, 2.05) is 0 Å². The van der Waals surface area contributed by atoms with Crippen LogP contribution in [0.2, 0.25) is 0 Å². The molecular weight excluding hydrogens is 220 g/mol. The minimum absolute atomic E-state index is 0.551. The van der Waals surface area contributed by atoms with Crippen molar-refractivity contribution in [2.24, 2.45) is 0 Å². The van der Waals surface area contributed by atoms with E-state index in [-0.39, 0.29) is 0 Å². The van der Waals surface area contributed by atoms with Gasteiger partial charge in [-0.3, -0.25) is 4.90 Å². The highest BCUT2D eigenvalue weighted by Gasteiger charge is 2.19. The van der Waals surface area contributed by atoms with Crippen LogP contribution in [-0.4, -0.2) is 62.3 Å². The van der Waals surface area contributed by atoms with Crippen molar-refractivity contribution >= 4 is 11.8 Å². The molecule has 1 heterocycles. The SMILES string of the molecule is CCCNCC(COC)N1CCCSCC1. The smallest absolute Gasteiger partial charge is 0.0630 e. The molecule has 0 aliphatic carbocycles. The highest BCUT2D eigenvalue weighted by molar-refractivity contribution is 7.99. The van der Waals surface area contributed by atoms with Gasteiger partial charge in [-0.2, -0.15) is 11.8 Å². The monoisotopic (exact) mass is 246 g/mol. The second-order valence-corrected chi connectivity index (χ2v) is 5.54. The zero-order valence-corrected chi connectivity index (χ0v) is 11.5. The molecule has 1 rings (SSSR count). The van der Waals surface area contributed by atoms with Crippen LogP contribution in [0.1, 0.15) is 19.8 Å². The van der Waals surface area contributed by atoms with Crippen molar-refractivity contribution < 1.29 is 4.74 Å². The molecule has 1 N–H and O–H groups in total. The molecular formula is C12H26N2OS. The Morgan fingerprint density at radius 1 is 1.38 bits per heavy atom. The highest BCUT2D eigenvalue weighted by Crippen LogP contribution is 2.12. The van der Waals surface area contributed by atoms with Crippen LogP contribution >= 0.6 is 11.8 Å². The molecule has 0 radical (unpaired) electrons. The molecule has 0 aromatic carbocycles. The summed E-state index contributed by atoms with van der Waals surface area (Å²) >= 11 is 2.08. The van der Waals surface area contributed by atoms with Crippen LogP contribution in [-0.2, 0) is 4.74 Å². The molecule has 0 aromatic rings. The second kappa shape index (κ2) is 9.28. The Morgan fingerprint density at radius 3 is 3.00 bits per heavy atom. The van der Waals surface area contributed by atoms with E-state index in [9.17, 15) is 0 Å². The molecule has 1 aliphatic heterocycles. The van der Waals surface area contributed by atoms with E-state index in [1.165, 1.54) is 37.4 Å². The number of nitrogens with one attached hydrogen (secondary N) is 1. The maximum absolute atomic E-state index is 5.34. The van der Waals surface area contributed by atoms with Crippen molar-refractivity contribution in [2.45, 2.75) is 25.8 Å². The van der Waals surface area contributed by atoms with Crippen LogP contribution in [0.25, 0.3) is 0 Å². The Balaban J connectivity index is 2.33. The number of hydrogen-bond donors (Lipinski definition) is 1. The van der Waals surface area contributed by atoms with E-state index in [2.05, 4.69) is 28.9 Å². The molecule has 0 aromatic heterocycles. The molecule has 1 atom stereocenters. The molecule has 16 heavy (non-hydrogen) atoms. The number of rotatable bonds is 7. The first-order valence-corrected chi connectivity index (χ1v) is 7.55. The summed E-state index contributed by atoms with van der Waals surface area (Å²) in [6.45, 7) is 7.68. The number of methoxy groups -OCH3 is 1. The van der Waals surface area contributed by atoms with E-state index in [0.717, 1.165) is 19.7 Å². The Bertz CT molecular complexity index is 161. The molecule has 3 nitrogen and oxygen atoms in total. The van der Waals surface area contributed by atoms with Gasteiger partial charge >= 0.3 is 0 Å². The Kier molecular flexibility index (Phi) is 8.29. The van der Waals surface area contributed by atoms with Crippen molar-refractivity contribution in [3.63, 3.8) is 0 Å². The van der Waals surface area contributed by atoms with E-state index in [4.69, 9.17) is 4.74 Å². The van der Waals surface area contributed by atoms with Gasteiger partial charge in [0.1, 0.15) is 0 Å². The third kappa shape index (κ3) is 5.53. The zero-order chi connectivity index (χ0) is 11.6. The van der Waals surface area contributed by atoms with Crippen molar-refractivity contribution in [3.05, 3.63) is 0 Å². The van der Waals surface area contributed by atoms with Gasteiger partial charge in [0.25, 0.3) is 0 Å². The molecule has 4 heteroatoms. The summed E-state index contributed by atoms with van der Waals surface area (Å²) in [7, 11) is 1.80. The van der Waals surface area contributed by atoms with Crippen molar-refractivity contribution in [1.82, 2.24) is 10.2 Å². The van der Waals surface area contributed by atoms with Gasteiger partial charge in [0.05, 0.1) is 6.61 Å². The number of nitrogens with zero attached hydrogens (tertiary/aromatic N) is 1. The predicted molar refractivity (Wildman–Crippen MR) is 72.3 cm³/mol. The van der Waals surface area contributed by atoms with Crippen LogP contribution in [0.15, 0.2) is 0 Å². The van der Waals surface area contributed by atoms with E-state index < -0.39 is 0 Å². The fourth-order valence-electron chi connectivity index (χ4n) is 2.06. The molecule has 96 valence electrons. The van der Waals surface area contributed by atoms with Crippen LogP contribution in [0.4, 0.5) is 0 Å². The quantitative estimate of drug-likeness (QED) is 0.687. The summed E-state index contributed by atoms with van der Waals surface area (Å²) in [6.07, 6.45) is 2.52. The first-order valence-electron chi connectivity index (χ1n) is 6.40. The first-order chi connectivity index (χ1) is 7.88. The number of thioether (sulfide) groups is 1. The lowest BCUT2D eigenvalue weighted by molar-refractivity contribution is 0.0941. The van der Waals surface area contributed by atoms with Crippen LogP contribution < -0.4 is 5.32 Å². The van der Waals surface area contributed by atoms with Gasteiger partial charge in [0.15, 0.2) is 0 Å². The topological polar surface area (TPSA) is 24.5 Å².